The Morgan fingerprint density at radius 1 is 1.30 bits per heavy atom. The van der Waals surface area contributed by atoms with E-state index in [4.69, 9.17) is 22.1 Å². The van der Waals surface area contributed by atoms with Crippen LogP contribution in [-0.2, 0) is 23.2 Å². The Labute approximate surface area is 195 Å². The number of aromatic nitrogens is 4. The summed E-state index contributed by atoms with van der Waals surface area (Å²) in [5.41, 5.74) is 8.59. The summed E-state index contributed by atoms with van der Waals surface area (Å²) in [5, 5.41) is 14.3. The average molecular weight is 469 g/mol. The van der Waals surface area contributed by atoms with Gasteiger partial charge in [-0.05, 0) is 36.5 Å². The zero-order valence-electron chi connectivity index (χ0n) is 18.1. The van der Waals surface area contributed by atoms with E-state index in [0.29, 0.717) is 30.3 Å². The third-order valence-electron chi connectivity index (χ3n) is 5.79. The van der Waals surface area contributed by atoms with Crippen LogP contribution in [0.15, 0.2) is 48.8 Å². The van der Waals surface area contributed by atoms with Gasteiger partial charge in [0, 0.05) is 29.7 Å². The summed E-state index contributed by atoms with van der Waals surface area (Å²) >= 11 is 6.44. The number of amides is 2. The predicted molar refractivity (Wildman–Crippen MR) is 124 cm³/mol. The van der Waals surface area contributed by atoms with E-state index in [1.807, 2.05) is 30.3 Å². The molecular formula is C23H25ClN6O3. The van der Waals surface area contributed by atoms with E-state index < -0.39 is 5.91 Å². The monoisotopic (exact) mass is 468 g/mol. The lowest BCUT2D eigenvalue weighted by molar-refractivity contribution is -0.122. The van der Waals surface area contributed by atoms with Crippen LogP contribution in [0.4, 0.5) is 5.69 Å². The fourth-order valence-corrected chi connectivity index (χ4v) is 4.23. The fourth-order valence-electron chi connectivity index (χ4n) is 3.99. The van der Waals surface area contributed by atoms with Crippen LogP contribution in [0.25, 0.3) is 11.3 Å². The summed E-state index contributed by atoms with van der Waals surface area (Å²) in [7, 11) is 1.60. The van der Waals surface area contributed by atoms with Gasteiger partial charge < -0.3 is 15.8 Å². The Morgan fingerprint density at radius 2 is 2.12 bits per heavy atom. The molecule has 0 bridgehead atoms. The van der Waals surface area contributed by atoms with Crippen molar-refractivity contribution in [2.75, 3.05) is 11.9 Å². The van der Waals surface area contributed by atoms with Gasteiger partial charge >= 0.3 is 0 Å². The molecular weight excluding hydrogens is 444 g/mol. The molecule has 1 aliphatic rings. The molecule has 172 valence electrons. The molecule has 0 saturated heterocycles. The largest absolute Gasteiger partial charge is 0.376 e. The van der Waals surface area contributed by atoms with Gasteiger partial charge in [-0.2, -0.15) is 10.2 Å². The predicted octanol–water partition coefficient (Wildman–Crippen LogP) is 3.30. The number of H-pyrrole nitrogens is 1. The van der Waals surface area contributed by atoms with Crippen molar-refractivity contribution in [1.82, 2.24) is 20.0 Å². The molecule has 0 saturated carbocycles. The summed E-state index contributed by atoms with van der Waals surface area (Å²) in [6, 6.07) is 7.64. The topological polar surface area (TPSA) is 128 Å². The first kappa shape index (κ1) is 22.8. The van der Waals surface area contributed by atoms with Crippen molar-refractivity contribution >= 4 is 29.1 Å². The Morgan fingerprint density at radius 3 is 2.85 bits per heavy atom. The van der Waals surface area contributed by atoms with Gasteiger partial charge in [-0.15, -0.1) is 0 Å². The van der Waals surface area contributed by atoms with E-state index >= 15 is 0 Å². The minimum Gasteiger partial charge on any atom is -0.376 e. The molecule has 4 N–H and O–H groups in total. The first-order valence-electron chi connectivity index (χ1n) is 10.6. The first-order valence-corrected chi connectivity index (χ1v) is 11.0. The molecule has 9 nitrogen and oxygen atoms in total. The molecule has 10 heteroatoms. The van der Waals surface area contributed by atoms with Gasteiger partial charge in [0.15, 0.2) is 0 Å². The number of benzene rings is 1. The Kier molecular flexibility index (Phi) is 6.90. The van der Waals surface area contributed by atoms with Gasteiger partial charge in [0.1, 0.15) is 5.69 Å². The number of aromatic amines is 1. The fraction of sp³-hybridized carbons (Fsp3) is 0.304. The Hall–Kier alpha value is -3.43. The molecule has 2 aromatic heterocycles. The summed E-state index contributed by atoms with van der Waals surface area (Å²) in [6.07, 6.45) is 8.48. The number of carbonyl (C=O) groups is 2. The number of halogens is 1. The molecule has 33 heavy (non-hydrogen) atoms. The number of allylic oxidation sites excluding steroid dienone is 2. The number of rotatable bonds is 8. The van der Waals surface area contributed by atoms with E-state index in [2.05, 4.69) is 26.7 Å². The van der Waals surface area contributed by atoms with Crippen molar-refractivity contribution in [3.63, 3.8) is 0 Å². The van der Waals surface area contributed by atoms with Crippen LogP contribution in [0, 0.1) is 11.8 Å². The average Bonchev–Trinajstić information content (AvgIpc) is 3.45. The van der Waals surface area contributed by atoms with Crippen LogP contribution < -0.4 is 11.1 Å². The number of aryl methyl sites for hydroxylation is 1. The normalized spacial score (nSPS) is 17.8. The van der Waals surface area contributed by atoms with Crippen molar-refractivity contribution in [2.24, 2.45) is 24.6 Å². The number of ether oxygens (including phenoxy) is 1. The van der Waals surface area contributed by atoms with E-state index in [0.717, 1.165) is 23.2 Å². The number of carbonyl (C=O) groups excluding carboxylic acids is 2. The molecule has 2 heterocycles. The zero-order valence-corrected chi connectivity index (χ0v) is 18.9. The molecule has 0 aliphatic heterocycles. The second-order valence-electron chi connectivity index (χ2n) is 7.98. The number of hydrogen-bond acceptors (Lipinski definition) is 5. The highest BCUT2D eigenvalue weighted by Gasteiger charge is 2.30. The third kappa shape index (κ3) is 5.15. The second-order valence-corrected chi connectivity index (χ2v) is 8.39. The first-order chi connectivity index (χ1) is 15.9. The molecule has 2 unspecified atom stereocenters. The molecule has 3 aromatic rings. The summed E-state index contributed by atoms with van der Waals surface area (Å²) in [5.74, 6) is -1.14. The number of nitrogens with zero attached hydrogens (tertiary/aromatic N) is 3. The highest BCUT2D eigenvalue weighted by molar-refractivity contribution is 6.31. The van der Waals surface area contributed by atoms with Gasteiger partial charge in [0.05, 0.1) is 30.8 Å². The quantitative estimate of drug-likeness (QED) is 0.437. The van der Waals surface area contributed by atoms with E-state index in [1.165, 1.54) is 10.9 Å². The zero-order chi connectivity index (χ0) is 23.4. The molecule has 1 aromatic carbocycles. The second kappa shape index (κ2) is 10.0. The van der Waals surface area contributed by atoms with Crippen molar-refractivity contribution in [2.45, 2.75) is 19.4 Å². The molecule has 0 spiro atoms. The van der Waals surface area contributed by atoms with Gasteiger partial charge in [0.25, 0.3) is 5.91 Å². The number of hydrogen-bond donors (Lipinski definition) is 3. The van der Waals surface area contributed by atoms with Crippen molar-refractivity contribution in [1.29, 1.82) is 0 Å². The van der Waals surface area contributed by atoms with Crippen LogP contribution in [0.3, 0.4) is 0 Å². The van der Waals surface area contributed by atoms with Crippen molar-refractivity contribution in [3.8, 4) is 11.3 Å². The number of primary amides is 1. The standard InChI is InChI=1S/C23H25ClN6O3/c1-30-21(22(25)31)20(11-27-30)28-23(32)17-5-3-2-4-15(17)12-33-13-16-7-6-14(10-18(16)24)19-8-9-26-29-19/h2-3,6-11,15,17H,4-5,12-13H2,1H3,(H2,25,31)(H,26,29)(H,28,32). The highest BCUT2D eigenvalue weighted by Crippen LogP contribution is 2.29. The maximum atomic E-state index is 13.0. The van der Waals surface area contributed by atoms with E-state index in [-0.39, 0.29) is 23.4 Å². The minimum absolute atomic E-state index is 0.00765. The number of nitrogens with one attached hydrogen (secondary N) is 2. The number of anilines is 1. The molecule has 0 fully saturated rings. The molecule has 2 atom stereocenters. The maximum absolute atomic E-state index is 13.0. The smallest absolute Gasteiger partial charge is 0.269 e. The van der Waals surface area contributed by atoms with Gasteiger partial charge in [0.2, 0.25) is 5.91 Å². The molecule has 1 aliphatic carbocycles. The minimum atomic E-state index is -0.649. The summed E-state index contributed by atoms with van der Waals surface area (Å²) in [4.78, 5) is 24.7. The van der Waals surface area contributed by atoms with Crippen molar-refractivity contribution < 1.29 is 14.3 Å². The Bertz CT molecular complexity index is 1170. The lowest BCUT2D eigenvalue weighted by Crippen LogP contribution is -2.33. The summed E-state index contributed by atoms with van der Waals surface area (Å²) < 4.78 is 7.31. The van der Waals surface area contributed by atoms with Gasteiger partial charge in [-0.25, -0.2) is 0 Å². The lowest BCUT2D eigenvalue weighted by Gasteiger charge is -2.27. The Balaban J connectivity index is 1.37. The highest BCUT2D eigenvalue weighted by atomic mass is 35.5. The molecule has 0 radical (unpaired) electrons. The SMILES string of the molecule is Cn1ncc(NC(=O)C2CC=CCC2COCc2ccc(-c3ccn[nH]3)cc2Cl)c1C(N)=O. The van der Waals surface area contributed by atoms with Crippen LogP contribution in [0.2, 0.25) is 5.02 Å². The molecule has 4 rings (SSSR count). The van der Waals surface area contributed by atoms with Crippen LogP contribution >= 0.6 is 11.6 Å². The van der Waals surface area contributed by atoms with Crippen LogP contribution in [-0.4, -0.2) is 38.4 Å². The maximum Gasteiger partial charge on any atom is 0.269 e. The van der Waals surface area contributed by atoms with Gasteiger partial charge in [-0.3, -0.25) is 19.4 Å². The number of nitrogens with two attached hydrogens (primary N) is 1. The summed E-state index contributed by atoms with van der Waals surface area (Å²) in [6.45, 7) is 0.738. The van der Waals surface area contributed by atoms with Crippen molar-refractivity contribution in [3.05, 3.63) is 65.1 Å². The van der Waals surface area contributed by atoms with Crippen LogP contribution in [0.5, 0.6) is 0 Å². The van der Waals surface area contributed by atoms with Crippen LogP contribution in [0.1, 0.15) is 28.9 Å². The third-order valence-corrected chi connectivity index (χ3v) is 6.14. The molecule has 2 amide bonds. The van der Waals surface area contributed by atoms with E-state index in [9.17, 15) is 9.59 Å². The van der Waals surface area contributed by atoms with Gasteiger partial charge in [-0.1, -0.05) is 35.9 Å². The lowest BCUT2D eigenvalue weighted by atomic mass is 9.83. The van der Waals surface area contributed by atoms with E-state index in [1.54, 1.807) is 13.2 Å².